The summed E-state index contributed by atoms with van der Waals surface area (Å²) in [5, 5.41) is 5.12. The molecule has 0 atom stereocenters. The van der Waals surface area contributed by atoms with Crippen LogP contribution in [0.2, 0.25) is 0 Å². The standard InChI is InChI=1S/C17H22N2O6/c1-3-24-16(22)5-4-10-18-15(21)11-25-17(23)13-6-8-14(9-7-13)19-12(2)20/h6-9H,3-5,10-11H2,1-2H3,(H,18,21)(H,19,20). The molecule has 0 aliphatic rings. The number of esters is 2. The van der Waals surface area contributed by atoms with Crippen LogP contribution in [0.25, 0.3) is 0 Å². The summed E-state index contributed by atoms with van der Waals surface area (Å²) in [4.78, 5) is 45.4. The number of rotatable bonds is 9. The van der Waals surface area contributed by atoms with Gasteiger partial charge in [-0.2, -0.15) is 0 Å². The summed E-state index contributed by atoms with van der Waals surface area (Å²) in [6, 6.07) is 6.11. The number of anilines is 1. The van der Waals surface area contributed by atoms with Gasteiger partial charge in [-0.25, -0.2) is 4.79 Å². The van der Waals surface area contributed by atoms with E-state index < -0.39 is 18.5 Å². The summed E-state index contributed by atoms with van der Waals surface area (Å²) < 4.78 is 9.66. The summed E-state index contributed by atoms with van der Waals surface area (Å²) in [5.74, 6) is -1.62. The van der Waals surface area contributed by atoms with E-state index in [4.69, 9.17) is 9.47 Å². The molecule has 2 amide bonds. The lowest BCUT2D eigenvalue weighted by molar-refractivity contribution is -0.143. The number of amides is 2. The Labute approximate surface area is 145 Å². The third-order valence-corrected chi connectivity index (χ3v) is 2.96. The van der Waals surface area contributed by atoms with Crippen molar-refractivity contribution in [3.8, 4) is 0 Å². The molecule has 0 aromatic heterocycles. The van der Waals surface area contributed by atoms with Crippen LogP contribution in [0.4, 0.5) is 5.69 Å². The molecule has 0 fully saturated rings. The van der Waals surface area contributed by atoms with Gasteiger partial charge < -0.3 is 20.1 Å². The lowest BCUT2D eigenvalue weighted by atomic mass is 10.2. The number of benzene rings is 1. The van der Waals surface area contributed by atoms with Crippen LogP contribution < -0.4 is 10.6 Å². The second kappa shape index (κ2) is 10.8. The molecule has 0 aliphatic carbocycles. The van der Waals surface area contributed by atoms with Gasteiger partial charge in [0.15, 0.2) is 6.61 Å². The average Bonchev–Trinajstić information content (AvgIpc) is 2.57. The third kappa shape index (κ3) is 8.50. The fourth-order valence-corrected chi connectivity index (χ4v) is 1.85. The van der Waals surface area contributed by atoms with Gasteiger partial charge in [0.25, 0.3) is 5.91 Å². The van der Waals surface area contributed by atoms with Crippen LogP contribution >= 0.6 is 0 Å². The van der Waals surface area contributed by atoms with Gasteiger partial charge >= 0.3 is 11.9 Å². The number of hydrogen-bond donors (Lipinski definition) is 2. The molecule has 0 spiro atoms. The SMILES string of the molecule is CCOC(=O)CCCNC(=O)COC(=O)c1ccc(NC(C)=O)cc1. The molecule has 0 saturated heterocycles. The van der Waals surface area contributed by atoms with Crippen LogP contribution in [-0.4, -0.2) is 43.5 Å². The molecule has 8 nitrogen and oxygen atoms in total. The van der Waals surface area contributed by atoms with E-state index >= 15 is 0 Å². The highest BCUT2D eigenvalue weighted by molar-refractivity contribution is 5.93. The molecule has 0 aliphatic heterocycles. The van der Waals surface area contributed by atoms with Crippen molar-refractivity contribution in [3.05, 3.63) is 29.8 Å². The molecule has 0 radical (unpaired) electrons. The van der Waals surface area contributed by atoms with E-state index in [9.17, 15) is 19.2 Å². The summed E-state index contributed by atoms with van der Waals surface area (Å²) in [7, 11) is 0. The van der Waals surface area contributed by atoms with E-state index in [1.165, 1.54) is 19.1 Å². The van der Waals surface area contributed by atoms with E-state index in [-0.39, 0.29) is 23.9 Å². The van der Waals surface area contributed by atoms with Crippen molar-refractivity contribution in [3.63, 3.8) is 0 Å². The summed E-state index contributed by atoms with van der Waals surface area (Å²) in [6.07, 6.45) is 0.664. The first kappa shape index (κ1) is 20.1. The Morgan fingerprint density at radius 2 is 1.72 bits per heavy atom. The molecule has 1 aromatic carbocycles. The Morgan fingerprint density at radius 3 is 2.32 bits per heavy atom. The van der Waals surface area contributed by atoms with Crippen molar-refractivity contribution in [2.24, 2.45) is 0 Å². The Bertz CT molecular complexity index is 612. The maximum atomic E-state index is 11.8. The van der Waals surface area contributed by atoms with Crippen molar-refractivity contribution in [2.45, 2.75) is 26.7 Å². The Kier molecular flexibility index (Phi) is 8.70. The number of ether oxygens (including phenoxy) is 2. The van der Waals surface area contributed by atoms with Gasteiger partial charge in [0.1, 0.15) is 0 Å². The molecule has 8 heteroatoms. The smallest absolute Gasteiger partial charge is 0.338 e. The molecule has 0 bridgehead atoms. The lowest BCUT2D eigenvalue weighted by Crippen LogP contribution is -2.30. The van der Waals surface area contributed by atoms with Gasteiger partial charge in [0.05, 0.1) is 12.2 Å². The number of carbonyl (C=O) groups excluding carboxylic acids is 4. The monoisotopic (exact) mass is 350 g/mol. The van der Waals surface area contributed by atoms with E-state index in [0.29, 0.717) is 25.3 Å². The van der Waals surface area contributed by atoms with Gasteiger partial charge in [0, 0.05) is 25.6 Å². The summed E-state index contributed by atoms with van der Waals surface area (Å²) in [5.41, 5.74) is 0.826. The molecule has 136 valence electrons. The topological polar surface area (TPSA) is 111 Å². The number of nitrogens with one attached hydrogen (secondary N) is 2. The largest absolute Gasteiger partial charge is 0.466 e. The van der Waals surface area contributed by atoms with Crippen molar-refractivity contribution < 1.29 is 28.7 Å². The van der Waals surface area contributed by atoms with E-state index in [1.807, 2.05) is 0 Å². The van der Waals surface area contributed by atoms with Crippen molar-refractivity contribution >= 4 is 29.4 Å². The van der Waals surface area contributed by atoms with Gasteiger partial charge in [0.2, 0.25) is 5.91 Å². The zero-order valence-electron chi connectivity index (χ0n) is 14.3. The van der Waals surface area contributed by atoms with Gasteiger partial charge in [-0.05, 0) is 37.6 Å². The zero-order chi connectivity index (χ0) is 18.7. The second-order valence-electron chi connectivity index (χ2n) is 5.09. The highest BCUT2D eigenvalue weighted by atomic mass is 16.5. The zero-order valence-corrected chi connectivity index (χ0v) is 14.3. The van der Waals surface area contributed by atoms with Crippen LogP contribution in [0, 0.1) is 0 Å². The highest BCUT2D eigenvalue weighted by Crippen LogP contribution is 2.10. The molecule has 25 heavy (non-hydrogen) atoms. The predicted molar refractivity (Wildman–Crippen MR) is 89.9 cm³/mol. The molecular formula is C17H22N2O6. The Balaban J connectivity index is 2.27. The van der Waals surface area contributed by atoms with Crippen LogP contribution in [-0.2, 0) is 23.9 Å². The quantitative estimate of drug-likeness (QED) is 0.512. The van der Waals surface area contributed by atoms with Crippen molar-refractivity contribution in [1.29, 1.82) is 0 Å². The Morgan fingerprint density at radius 1 is 1.04 bits per heavy atom. The molecule has 0 saturated carbocycles. The molecule has 1 rings (SSSR count). The van der Waals surface area contributed by atoms with Crippen LogP contribution in [0.5, 0.6) is 0 Å². The first-order valence-electron chi connectivity index (χ1n) is 7.89. The molecule has 0 unspecified atom stereocenters. The van der Waals surface area contributed by atoms with Crippen LogP contribution in [0.1, 0.15) is 37.0 Å². The predicted octanol–water partition coefficient (Wildman–Crippen LogP) is 1.26. The van der Waals surface area contributed by atoms with Gasteiger partial charge in [-0.15, -0.1) is 0 Å². The van der Waals surface area contributed by atoms with E-state index in [1.54, 1.807) is 19.1 Å². The highest BCUT2D eigenvalue weighted by Gasteiger charge is 2.10. The maximum absolute atomic E-state index is 11.8. The Hall–Kier alpha value is -2.90. The maximum Gasteiger partial charge on any atom is 0.338 e. The van der Waals surface area contributed by atoms with E-state index in [2.05, 4.69) is 10.6 Å². The molecule has 0 heterocycles. The van der Waals surface area contributed by atoms with Gasteiger partial charge in [-0.1, -0.05) is 0 Å². The minimum Gasteiger partial charge on any atom is -0.466 e. The fourth-order valence-electron chi connectivity index (χ4n) is 1.85. The molecule has 1 aromatic rings. The first-order valence-corrected chi connectivity index (χ1v) is 7.89. The van der Waals surface area contributed by atoms with E-state index in [0.717, 1.165) is 0 Å². The number of carbonyl (C=O) groups is 4. The first-order chi connectivity index (χ1) is 11.9. The van der Waals surface area contributed by atoms with Crippen molar-refractivity contribution in [1.82, 2.24) is 5.32 Å². The van der Waals surface area contributed by atoms with Crippen molar-refractivity contribution in [2.75, 3.05) is 25.1 Å². The lowest BCUT2D eigenvalue weighted by Gasteiger charge is -2.07. The summed E-state index contributed by atoms with van der Waals surface area (Å²) >= 11 is 0. The summed E-state index contributed by atoms with van der Waals surface area (Å²) in [6.45, 7) is 3.31. The average molecular weight is 350 g/mol. The van der Waals surface area contributed by atoms with Gasteiger partial charge in [-0.3, -0.25) is 14.4 Å². The normalized spacial score (nSPS) is 9.84. The van der Waals surface area contributed by atoms with Crippen LogP contribution in [0.15, 0.2) is 24.3 Å². The number of hydrogen-bond acceptors (Lipinski definition) is 6. The fraction of sp³-hybridized carbons (Fsp3) is 0.412. The minimum atomic E-state index is -0.643. The molecule has 2 N–H and O–H groups in total. The second-order valence-corrected chi connectivity index (χ2v) is 5.09. The minimum absolute atomic E-state index is 0.213. The third-order valence-electron chi connectivity index (χ3n) is 2.96. The molecular weight excluding hydrogens is 328 g/mol. The van der Waals surface area contributed by atoms with Crippen LogP contribution in [0.3, 0.4) is 0 Å².